The van der Waals surface area contributed by atoms with Gasteiger partial charge in [0, 0.05) is 18.5 Å². The van der Waals surface area contributed by atoms with Crippen molar-refractivity contribution in [2.45, 2.75) is 25.1 Å². The third-order valence-electron chi connectivity index (χ3n) is 5.78. The monoisotopic (exact) mass is 540 g/mol. The molecule has 0 amide bonds. The minimum Gasteiger partial charge on any atom is -0.494 e. The topological polar surface area (TPSA) is 169 Å². The highest BCUT2D eigenvalue weighted by Crippen LogP contribution is 2.37. The van der Waals surface area contributed by atoms with Gasteiger partial charge in [0.25, 0.3) is 0 Å². The second kappa shape index (κ2) is 11.0. The molecule has 13 nitrogen and oxygen atoms in total. The fraction of sp³-hybridized carbons (Fsp3) is 0.292. The molecule has 0 saturated heterocycles. The van der Waals surface area contributed by atoms with E-state index in [1.54, 1.807) is 48.8 Å². The number of nitrogens with one attached hydrogen (secondary N) is 1. The van der Waals surface area contributed by atoms with E-state index in [0.29, 0.717) is 28.8 Å². The predicted octanol–water partition coefficient (Wildman–Crippen LogP) is 2.28. The lowest BCUT2D eigenvalue weighted by molar-refractivity contribution is 0.391. The van der Waals surface area contributed by atoms with E-state index >= 15 is 0 Å². The summed E-state index contributed by atoms with van der Waals surface area (Å²) in [5.74, 6) is 1.38. The van der Waals surface area contributed by atoms with Crippen molar-refractivity contribution in [1.82, 2.24) is 29.7 Å². The van der Waals surface area contributed by atoms with Gasteiger partial charge in [-0.15, -0.1) is 10.2 Å². The first-order valence-corrected chi connectivity index (χ1v) is 13.0. The Labute approximate surface area is 220 Å². The van der Waals surface area contributed by atoms with Crippen LogP contribution >= 0.6 is 0 Å². The number of hydrogen-bond acceptors (Lipinski definition) is 11. The smallest absolute Gasteiger partial charge is 0.243 e. The summed E-state index contributed by atoms with van der Waals surface area (Å²) >= 11 is 0. The van der Waals surface area contributed by atoms with Gasteiger partial charge in [0.15, 0.2) is 5.82 Å². The van der Waals surface area contributed by atoms with Crippen molar-refractivity contribution < 1.29 is 22.6 Å². The molecule has 14 heteroatoms. The van der Waals surface area contributed by atoms with E-state index in [1.165, 1.54) is 32.8 Å². The Morgan fingerprint density at radius 2 is 1.58 bits per heavy atom. The van der Waals surface area contributed by atoms with Gasteiger partial charge in [-0.1, -0.05) is 12.1 Å². The number of rotatable bonds is 10. The third-order valence-corrected chi connectivity index (χ3v) is 7.52. The number of nitrogens with zero attached hydrogens (tertiary/aromatic N) is 6. The lowest BCUT2D eigenvalue weighted by atomic mass is 10.2. The molecule has 38 heavy (non-hydrogen) atoms. The number of pyridine rings is 1. The van der Waals surface area contributed by atoms with Crippen LogP contribution in [0.4, 0.5) is 5.95 Å². The third kappa shape index (κ3) is 5.21. The molecule has 1 aromatic carbocycles. The quantitative estimate of drug-likeness (QED) is 0.302. The number of anilines is 1. The summed E-state index contributed by atoms with van der Waals surface area (Å²) in [6, 6.07) is 9.22. The van der Waals surface area contributed by atoms with E-state index in [2.05, 4.69) is 29.9 Å². The zero-order valence-electron chi connectivity index (χ0n) is 21.5. The van der Waals surface area contributed by atoms with Gasteiger partial charge in [0.2, 0.25) is 21.9 Å². The number of aryl methyl sites for hydroxylation is 1. The Morgan fingerprint density at radius 1 is 0.947 bits per heavy atom. The number of hydrogen-bond donors (Lipinski definition) is 2. The van der Waals surface area contributed by atoms with E-state index in [0.717, 1.165) is 5.56 Å². The number of aromatic nitrogens is 6. The van der Waals surface area contributed by atoms with Crippen LogP contribution in [-0.2, 0) is 10.0 Å². The maximum atomic E-state index is 13.5. The van der Waals surface area contributed by atoms with Gasteiger partial charge in [0.1, 0.15) is 28.7 Å². The molecule has 0 unspecified atom stereocenters. The van der Waals surface area contributed by atoms with Crippen LogP contribution in [0.5, 0.6) is 17.4 Å². The normalized spacial score (nSPS) is 13.0. The van der Waals surface area contributed by atoms with Crippen molar-refractivity contribution in [2.75, 3.05) is 26.1 Å². The molecule has 0 aliphatic carbocycles. The molecule has 0 radical (unpaired) electrons. The Hall–Kier alpha value is -4.30. The van der Waals surface area contributed by atoms with Crippen molar-refractivity contribution in [3.63, 3.8) is 0 Å². The number of nitrogens with two attached hydrogens (primary N) is 1. The number of sulfonamides is 1. The van der Waals surface area contributed by atoms with E-state index in [9.17, 15) is 8.42 Å². The average molecular weight is 541 g/mol. The van der Waals surface area contributed by atoms with E-state index in [-0.39, 0.29) is 17.6 Å². The fourth-order valence-electron chi connectivity index (χ4n) is 3.63. The van der Waals surface area contributed by atoms with Crippen LogP contribution in [0.2, 0.25) is 0 Å². The molecule has 0 saturated carbocycles. The second-order valence-electron chi connectivity index (χ2n) is 8.26. The molecule has 200 valence electrons. The maximum Gasteiger partial charge on any atom is 0.243 e. The number of methoxy groups -OCH3 is 3. The van der Waals surface area contributed by atoms with Crippen LogP contribution < -0.4 is 24.7 Å². The molecule has 0 aliphatic heterocycles. The van der Waals surface area contributed by atoms with Gasteiger partial charge in [-0.3, -0.25) is 9.29 Å². The fourth-order valence-corrected chi connectivity index (χ4v) is 4.71. The Bertz CT molecular complexity index is 1500. The first-order chi connectivity index (χ1) is 18.2. The van der Waals surface area contributed by atoms with Crippen molar-refractivity contribution in [3.8, 4) is 34.6 Å². The van der Waals surface area contributed by atoms with E-state index < -0.39 is 21.3 Å². The van der Waals surface area contributed by atoms with Crippen LogP contribution in [0.1, 0.15) is 24.4 Å². The van der Waals surface area contributed by atoms with Crippen LogP contribution in [0, 0.1) is 6.92 Å². The lowest BCUT2D eigenvalue weighted by Crippen LogP contribution is -2.36. The predicted molar refractivity (Wildman–Crippen MR) is 140 cm³/mol. The summed E-state index contributed by atoms with van der Waals surface area (Å²) < 4.78 is 47.4. The molecule has 0 spiro atoms. The Kier molecular flexibility index (Phi) is 7.73. The zero-order chi connectivity index (χ0) is 27.4. The van der Waals surface area contributed by atoms with Gasteiger partial charge in [-0.2, -0.15) is 0 Å². The summed E-state index contributed by atoms with van der Waals surface area (Å²) in [6.45, 7) is 3.29. The molecular weight excluding hydrogens is 512 g/mol. The van der Waals surface area contributed by atoms with Gasteiger partial charge < -0.3 is 19.9 Å². The van der Waals surface area contributed by atoms with E-state index in [4.69, 9.17) is 19.9 Å². The van der Waals surface area contributed by atoms with Crippen LogP contribution in [0.3, 0.4) is 0 Å². The van der Waals surface area contributed by atoms with Gasteiger partial charge in [0.05, 0.1) is 32.6 Å². The molecule has 3 aromatic heterocycles. The van der Waals surface area contributed by atoms with E-state index in [1.807, 2.05) is 6.92 Å². The maximum absolute atomic E-state index is 13.5. The van der Waals surface area contributed by atoms with Gasteiger partial charge in [-0.05, 0) is 37.6 Å². The highest BCUT2D eigenvalue weighted by atomic mass is 32.2. The Morgan fingerprint density at radius 3 is 2.18 bits per heavy atom. The molecule has 2 atom stereocenters. The second-order valence-corrected chi connectivity index (χ2v) is 10.3. The first-order valence-electron chi connectivity index (χ1n) is 11.4. The highest BCUT2D eigenvalue weighted by molar-refractivity contribution is 7.93. The van der Waals surface area contributed by atoms with Crippen LogP contribution in [0.15, 0.2) is 48.8 Å². The van der Waals surface area contributed by atoms with Crippen molar-refractivity contribution in [1.29, 1.82) is 0 Å². The van der Waals surface area contributed by atoms with Crippen molar-refractivity contribution in [3.05, 3.63) is 60.2 Å². The molecule has 0 bridgehead atoms. The van der Waals surface area contributed by atoms with Crippen LogP contribution in [-0.4, -0.2) is 64.7 Å². The molecular formula is C24H28N8O5S. The number of benzene rings is 1. The molecule has 0 fully saturated rings. The summed E-state index contributed by atoms with van der Waals surface area (Å²) in [7, 11) is 0.330. The average Bonchev–Trinajstić information content (AvgIpc) is 3.34. The zero-order valence-corrected chi connectivity index (χ0v) is 22.3. The lowest BCUT2D eigenvalue weighted by Gasteiger charge is -2.21. The molecule has 3 N–H and O–H groups in total. The summed E-state index contributed by atoms with van der Waals surface area (Å²) in [5, 5.41) is 7.26. The standard InChI is InChI=1S/C24H28N8O5S/c1-14-12-26-22(27-13-14)20(25)15(2)38(33,34)31-24-30-29-23(16-8-6-11-19(28-16)37-5)32(24)21-17(35-3)9-7-10-18(21)36-4/h6-13,15,20H,25H2,1-5H3,(H,30,31)/t15-,20+/m1/s1. The number of para-hydroxylation sites is 1. The molecule has 3 heterocycles. The van der Waals surface area contributed by atoms with Crippen molar-refractivity contribution in [2.24, 2.45) is 5.73 Å². The largest absolute Gasteiger partial charge is 0.494 e. The first kappa shape index (κ1) is 26.8. The highest BCUT2D eigenvalue weighted by Gasteiger charge is 2.33. The number of ether oxygens (including phenoxy) is 3. The molecule has 4 aromatic rings. The summed E-state index contributed by atoms with van der Waals surface area (Å²) in [5.41, 5.74) is 7.80. The van der Waals surface area contributed by atoms with Crippen LogP contribution in [0.25, 0.3) is 17.2 Å². The minimum atomic E-state index is -4.13. The Balaban J connectivity index is 1.84. The molecule has 4 rings (SSSR count). The van der Waals surface area contributed by atoms with Gasteiger partial charge in [-0.25, -0.2) is 23.4 Å². The molecule has 0 aliphatic rings. The van der Waals surface area contributed by atoms with Crippen molar-refractivity contribution >= 4 is 16.0 Å². The minimum absolute atomic E-state index is 0.128. The SMILES string of the molecule is COc1cccc(-c2nnc(NS(=O)(=O)[C@H](C)[C@H](N)c3ncc(C)cn3)n2-c2c(OC)cccc2OC)n1. The summed E-state index contributed by atoms with van der Waals surface area (Å²) in [4.78, 5) is 12.8. The summed E-state index contributed by atoms with van der Waals surface area (Å²) in [6.07, 6.45) is 3.15. The van der Waals surface area contributed by atoms with Gasteiger partial charge >= 0.3 is 0 Å².